The fraction of sp³-hybridized carbons (Fsp3) is 1.00. The highest BCUT2D eigenvalue weighted by Gasteiger charge is 2.24. The van der Waals surface area contributed by atoms with Crippen LogP contribution in [-0.2, 0) is 0 Å². The molecule has 55 valence electrons. The molecule has 0 saturated carbocycles. The molecule has 0 spiro atoms. The summed E-state index contributed by atoms with van der Waals surface area (Å²) in [6.07, 6.45) is -1.65. The monoisotopic (exact) mass is 220 g/mol. The van der Waals surface area contributed by atoms with Gasteiger partial charge < -0.3 is 4.98 Å². The maximum absolute atomic E-state index is 5.55. The predicted octanol–water partition coefficient (Wildman–Crippen LogP) is 2.02. The molecule has 0 aromatic rings. The fourth-order valence-electron chi connectivity index (χ4n) is 0.277. The zero-order chi connectivity index (χ0) is 7.49. The molecule has 1 radical (unpaired) electrons. The first kappa shape index (κ1) is 10.3. The van der Waals surface area contributed by atoms with Crippen LogP contribution in [0, 0.1) is 0 Å². The van der Waals surface area contributed by atoms with E-state index in [9.17, 15) is 0 Å². The molecule has 0 bridgehead atoms. The minimum absolute atomic E-state index is 0.297. The fourth-order valence-corrected chi connectivity index (χ4v) is 4.30. The van der Waals surface area contributed by atoms with E-state index >= 15 is 0 Å². The minimum atomic E-state index is -2.53. The van der Waals surface area contributed by atoms with Crippen molar-refractivity contribution in [1.82, 2.24) is 4.98 Å². The molecule has 0 fully saturated rings. The zero-order valence-corrected chi connectivity index (χ0v) is 9.61. The van der Waals surface area contributed by atoms with Crippen molar-refractivity contribution in [2.75, 3.05) is 6.17 Å². The summed E-state index contributed by atoms with van der Waals surface area (Å²) in [7, 11) is -0.297. The molecule has 0 aliphatic heterocycles. The Labute approximate surface area is 72.5 Å². The highest BCUT2D eigenvalue weighted by molar-refractivity contribution is 7.63. The van der Waals surface area contributed by atoms with Gasteiger partial charge in [0.05, 0.1) is 8.80 Å². The van der Waals surface area contributed by atoms with Crippen molar-refractivity contribution >= 4 is 48.2 Å². The summed E-state index contributed by atoms with van der Waals surface area (Å²) >= 11 is 16.7. The van der Waals surface area contributed by atoms with E-state index in [0.717, 1.165) is 6.17 Å². The van der Waals surface area contributed by atoms with Gasteiger partial charge >= 0.3 is 6.16 Å². The van der Waals surface area contributed by atoms with E-state index in [1.165, 1.54) is 0 Å². The molecule has 0 heterocycles. The van der Waals surface area contributed by atoms with E-state index in [2.05, 4.69) is 18.1 Å². The SMILES string of the molecule is C[Si](C)CN[Si](Cl)(Cl)Cl. The largest absolute Gasteiger partial charge is 0.421 e. The Morgan fingerprint density at radius 2 is 1.78 bits per heavy atom. The number of hydrogen-bond donors (Lipinski definition) is 1. The Balaban J connectivity index is 3.28. The summed E-state index contributed by atoms with van der Waals surface area (Å²) in [5.41, 5.74) is 0. The summed E-state index contributed by atoms with van der Waals surface area (Å²) in [5.74, 6) is 0. The van der Waals surface area contributed by atoms with Gasteiger partial charge in [0.25, 0.3) is 0 Å². The lowest BCUT2D eigenvalue weighted by Gasteiger charge is -2.10. The van der Waals surface area contributed by atoms with Gasteiger partial charge in [0.2, 0.25) is 0 Å². The Morgan fingerprint density at radius 3 is 1.89 bits per heavy atom. The van der Waals surface area contributed by atoms with Gasteiger partial charge in [-0.25, -0.2) is 0 Å². The summed E-state index contributed by atoms with van der Waals surface area (Å²) in [6.45, 7) is 4.34. The van der Waals surface area contributed by atoms with Gasteiger partial charge in [0, 0.05) is 0 Å². The molecule has 0 aromatic carbocycles. The third-order valence-corrected chi connectivity index (χ3v) is 3.66. The van der Waals surface area contributed by atoms with Crippen LogP contribution in [0.15, 0.2) is 0 Å². The first-order valence-electron chi connectivity index (χ1n) is 2.52. The van der Waals surface area contributed by atoms with E-state index in [1.807, 2.05) is 0 Å². The number of nitrogens with one attached hydrogen (secondary N) is 1. The summed E-state index contributed by atoms with van der Waals surface area (Å²) in [5, 5.41) is 0. The summed E-state index contributed by atoms with van der Waals surface area (Å²) in [4.78, 5) is 2.90. The van der Waals surface area contributed by atoms with E-state index in [0.29, 0.717) is 0 Å². The molecule has 0 aliphatic rings. The lowest BCUT2D eigenvalue weighted by Crippen LogP contribution is -2.39. The highest BCUT2D eigenvalue weighted by Crippen LogP contribution is 2.14. The average Bonchev–Trinajstić information content (AvgIpc) is 1.59. The van der Waals surface area contributed by atoms with E-state index in [1.54, 1.807) is 0 Å². The van der Waals surface area contributed by atoms with Crippen LogP contribution in [0.5, 0.6) is 0 Å². The van der Waals surface area contributed by atoms with Crippen LogP contribution in [0.4, 0.5) is 0 Å². The first-order chi connectivity index (χ1) is 3.92. The molecule has 0 rings (SSSR count). The van der Waals surface area contributed by atoms with Crippen molar-refractivity contribution in [2.45, 2.75) is 13.1 Å². The normalized spacial score (nSPS) is 12.7. The van der Waals surface area contributed by atoms with Gasteiger partial charge in [-0.1, -0.05) is 13.1 Å². The van der Waals surface area contributed by atoms with E-state index in [-0.39, 0.29) is 8.80 Å². The standard InChI is InChI=1S/C3H9Cl3NSi2/c1-8(2)3-7-9(4,5)6/h7H,3H2,1-2H3. The molecule has 6 heteroatoms. The molecule has 1 N–H and O–H groups in total. The molecule has 0 atom stereocenters. The zero-order valence-electron chi connectivity index (χ0n) is 5.34. The van der Waals surface area contributed by atoms with Gasteiger partial charge in [-0.15, -0.1) is 33.2 Å². The number of hydrogen-bond acceptors (Lipinski definition) is 1. The Morgan fingerprint density at radius 1 is 1.33 bits per heavy atom. The summed E-state index contributed by atoms with van der Waals surface area (Å²) < 4.78 is 0. The predicted molar refractivity (Wildman–Crippen MR) is 48.8 cm³/mol. The Kier molecular flexibility index (Phi) is 4.80. The lowest BCUT2D eigenvalue weighted by molar-refractivity contribution is 1.15. The van der Waals surface area contributed by atoms with Crippen molar-refractivity contribution in [1.29, 1.82) is 0 Å². The molecule has 9 heavy (non-hydrogen) atoms. The van der Waals surface area contributed by atoms with E-state index in [4.69, 9.17) is 33.2 Å². The second kappa shape index (κ2) is 4.21. The second-order valence-corrected chi connectivity index (χ2v) is 13.0. The number of rotatable bonds is 3. The smallest absolute Gasteiger partial charge is 0.304 e. The molecule has 0 unspecified atom stereocenters. The summed E-state index contributed by atoms with van der Waals surface area (Å²) in [6, 6.07) is 0. The molecule has 0 aliphatic carbocycles. The number of halogens is 3. The molecular weight excluding hydrogens is 213 g/mol. The molecule has 0 aromatic heterocycles. The van der Waals surface area contributed by atoms with Crippen LogP contribution in [0.2, 0.25) is 13.1 Å². The van der Waals surface area contributed by atoms with Crippen LogP contribution in [0.3, 0.4) is 0 Å². The van der Waals surface area contributed by atoms with Crippen LogP contribution >= 0.6 is 33.2 Å². The van der Waals surface area contributed by atoms with Gasteiger partial charge in [-0.3, -0.25) is 0 Å². The van der Waals surface area contributed by atoms with Crippen molar-refractivity contribution in [3.8, 4) is 0 Å². The quantitative estimate of drug-likeness (QED) is 0.568. The second-order valence-electron chi connectivity index (χ2n) is 2.06. The van der Waals surface area contributed by atoms with Gasteiger partial charge in [-0.2, -0.15) is 0 Å². The molecule has 0 amide bonds. The lowest BCUT2D eigenvalue weighted by atomic mass is 11.5. The first-order valence-corrected chi connectivity index (χ1v) is 10.3. The van der Waals surface area contributed by atoms with Crippen molar-refractivity contribution < 1.29 is 0 Å². The Hall–Kier alpha value is 1.26. The maximum atomic E-state index is 5.55. The average molecular weight is 222 g/mol. The van der Waals surface area contributed by atoms with Crippen molar-refractivity contribution in [3.05, 3.63) is 0 Å². The molecular formula is C3H9Cl3NSi2. The van der Waals surface area contributed by atoms with Crippen LogP contribution in [-0.4, -0.2) is 21.1 Å². The van der Waals surface area contributed by atoms with Gasteiger partial charge in [0.1, 0.15) is 0 Å². The molecule has 1 nitrogen and oxygen atoms in total. The third kappa shape index (κ3) is 9.26. The Bertz CT molecular complexity index is 81.6. The minimum Gasteiger partial charge on any atom is -0.304 e. The third-order valence-electron chi connectivity index (χ3n) is 0.642. The van der Waals surface area contributed by atoms with Gasteiger partial charge in [0.15, 0.2) is 0 Å². The van der Waals surface area contributed by atoms with Crippen LogP contribution in [0.25, 0.3) is 0 Å². The van der Waals surface area contributed by atoms with Crippen molar-refractivity contribution in [3.63, 3.8) is 0 Å². The van der Waals surface area contributed by atoms with E-state index < -0.39 is 6.16 Å². The highest BCUT2D eigenvalue weighted by atomic mass is 35.8. The van der Waals surface area contributed by atoms with Gasteiger partial charge in [-0.05, 0) is 6.17 Å². The van der Waals surface area contributed by atoms with Crippen LogP contribution < -0.4 is 4.98 Å². The topological polar surface area (TPSA) is 12.0 Å². The van der Waals surface area contributed by atoms with Crippen LogP contribution in [0.1, 0.15) is 0 Å². The maximum Gasteiger partial charge on any atom is 0.421 e. The van der Waals surface area contributed by atoms with Crippen molar-refractivity contribution in [2.24, 2.45) is 0 Å². The molecule has 0 saturated heterocycles.